The summed E-state index contributed by atoms with van der Waals surface area (Å²) in [5.41, 5.74) is 8.77. The number of rotatable bonds is 5. The van der Waals surface area contributed by atoms with Gasteiger partial charge in [-0.15, -0.1) is 0 Å². The molecule has 8 heteroatoms. The van der Waals surface area contributed by atoms with Gasteiger partial charge in [-0.1, -0.05) is 6.07 Å². The zero-order chi connectivity index (χ0) is 21.1. The van der Waals surface area contributed by atoms with Crippen molar-refractivity contribution in [2.24, 2.45) is 0 Å². The van der Waals surface area contributed by atoms with Gasteiger partial charge < -0.3 is 20.1 Å². The Morgan fingerprint density at radius 2 is 1.93 bits per heavy atom. The van der Waals surface area contributed by atoms with Crippen molar-refractivity contribution in [3.05, 3.63) is 65.9 Å². The van der Waals surface area contributed by atoms with Gasteiger partial charge in [-0.2, -0.15) is 4.39 Å². The Hall–Kier alpha value is -3.52. The molecule has 3 N–H and O–H groups in total. The number of morpholine rings is 1. The minimum Gasteiger partial charge on any atom is -0.496 e. The van der Waals surface area contributed by atoms with Crippen LogP contribution in [0, 0.1) is 11.4 Å². The molecule has 0 saturated carbocycles. The van der Waals surface area contributed by atoms with Gasteiger partial charge in [0, 0.05) is 43.7 Å². The second-order valence-corrected chi connectivity index (χ2v) is 6.86. The lowest BCUT2D eigenvalue weighted by Crippen LogP contribution is -2.36. The molecule has 0 atom stereocenters. The van der Waals surface area contributed by atoms with Gasteiger partial charge in [0.1, 0.15) is 11.6 Å². The van der Waals surface area contributed by atoms with Crippen LogP contribution in [0.2, 0.25) is 0 Å². The molecule has 0 aliphatic carbocycles. The number of nitrogens with two attached hydrogens (primary N) is 1. The maximum atomic E-state index is 14.4. The van der Waals surface area contributed by atoms with Gasteiger partial charge in [-0.05, 0) is 35.9 Å². The smallest absolute Gasteiger partial charge is 0.224 e. The zero-order valence-corrected chi connectivity index (χ0v) is 16.6. The van der Waals surface area contributed by atoms with Gasteiger partial charge in [-0.25, -0.2) is 9.97 Å². The van der Waals surface area contributed by atoms with Crippen LogP contribution in [-0.2, 0) is 4.74 Å². The highest BCUT2D eigenvalue weighted by Crippen LogP contribution is 2.33. The number of halogens is 1. The molecule has 0 radical (unpaired) electrons. The van der Waals surface area contributed by atoms with E-state index in [-0.39, 0.29) is 12.7 Å². The number of benzene rings is 1. The first-order chi connectivity index (χ1) is 14.6. The summed E-state index contributed by atoms with van der Waals surface area (Å²) in [6.07, 6.45) is 3.03. The van der Waals surface area contributed by atoms with Gasteiger partial charge in [-0.3, -0.25) is 5.41 Å². The fourth-order valence-electron chi connectivity index (χ4n) is 3.47. The van der Waals surface area contributed by atoms with Crippen LogP contribution >= 0.6 is 0 Å². The highest BCUT2D eigenvalue weighted by Gasteiger charge is 2.18. The summed E-state index contributed by atoms with van der Waals surface area (Å²) >= 11 is 0. The van der Waals surface area contributed by atoms with E-state index in [9.17, 15) is 4.39 Å². The summed E-state index contributed by atoms with van der Waals surface area (Å²) in [5, 5.41) is 8.74. The summed E-state index contributed by atoms with van der Waals surface area (Å²) in [4.78, 5) is 10.3. The van der Waals surface area contributed by atoms with Gasteiger partial charge in [0.2, 0.25) is 5.95 Å². The molecule has 0 unspecified atom stereocenters. The van der Waals surface area contributed by atoms with Gasteiger partial charge >= 0.3 is 0 Å². The number of methoxy groups -OCH3 is 1. The second kappa shape index (κ2) is 8.46. The first kappa shape index (κ1) is 19.8. The van der Waals surface area contributed by atoms with Gasteiger partial charge in [0.05, 0.1) is 31.6 Å². The molecule has 0 spiro atoms. The quantitative estimate of drug-likeness (QED) is 0.381. The minimum absolute atomic E-state index is 0. The topological polar surface area (TPSA) is 97.4 Å². The molecule has 156 valence electrons. The largest absolute Gasteiger partial charge is 0.496 e. The Kier molecular flexibility index (Phi) is 5.58. The molecule has 3 aromatic rings. The molecular formula is C22H24FN5O2. The van der Waals surface area contributed by atoms with Crippen LogP contribution in [0.5, 0.6) is 5.75 Å². The molecule has 30 heavy (non-hydrogen) atoms. The van der Waals surface area contributed by atoms with Crippen LogP contribution < -0.4 is 15.4 Å². The van der Waals surface area contributed by atoms with Crippen molar-refractivity contribution in [3.8, 4) is 16.9 Å². The van der Waals surface area contributed by atoms with E-state index in [1.54, 1.807) is 36.5 Å². The van der Waals surface area contributed by atoms with Crippen molar-refractivity contribution >= 4 is 17.2 Å². The third-order valence-corrected chi connectivity index (χ3v) is 5.07. The van der Waals surface area contributed by atoms with E-state index in [0.29, 0.717) is 41.3 Å². The highest BCUT2D eigenvalue weighted by molar-refractivity contribution is 6.14. The number of aromatic nitrogens is 2. The number of hydrogen-bond acceptors (Lipinski definition) is 7. The number of pyridine rings is 2. The predicted octanol–water partition coefficient (Wildman–Crippen LogP) is 3.37. The lowest BCUT2D eigenvalue weighted by molar-refractivity contribution is 0.122. The number of nitrogens with zero attached hydrogens (tertiary/aromatic N) is 3. The van der Waals surface area contributed by atoms with Gasteiger partial charge in [0.25, 0.3) is 0 Å². The second-order valence-electron chi connectivity index (χ2n) is 6.86. The predicted molar refractivity (Wildman–Crippen MR) is 116 cm³/mol. The normalized spacial score (nSPS) is 13.9. The van der Waals surface area contributed by atoms with Crippen molar-refractivity contribution in [2.75, 3.05) is 44.0 Å². The summed E-state index contributed by atoms with van der Waals surface area (Å²) in [7, 11) is 1.47. The van der Waals surface area contributed by atoms with E-state index in [4.69, 9.17) is 20.6 Å². The molecule has 0 amide bonds. The summed E-state index contributed by atoms with van der Waals surface area (Å²) in [6.45, 7) is 2.80. The molecule has 0 bridgehead atoms. The average molecular weight is 409 g/mol. The fourth-order valence-corrected chi connectivity index (χ4v) is 3.47. The molecule has 1 saturated heterocycles. The minimum atomic E-state index is -0.643. The third kappa shape index (κ3) is 3.81. The summed E-state index contributed by atoms with van der Waals surface area (Å²) < 4.78 is 25.1. The molecule has 1 fully saturated rings. The average Bonchev–Trinajstić information content (AvgIpc) is 2.79. The van der Waals surface area contributed by atoms with Crippen molar-refractivity contribution < 1.29 is 15.3 Å². The molecule has 1 aromatic carbocycles. The Bertz CT molecular complexity index is 1090. The molecule has 4 rings (SSSR count). The van der Waals surface area contributed by atoms with Crippen molar-refractivity contribution in [2.45, 2.75) is 0 Å². The summed E-state index contributed by atoms with van der Waals surface area (Å²) in [5.74, 6) is 0.508. The Morgan fingerprint density at radius 1 is 1.17 bits per heavy atom. The third-order valence-electron chi connectivity index (χ3n) is 5.07. The van der Waals surface area contributed by atoms with E-state index in [2.05, 4.69) is 14.9 Å². The molecule has 3 heterocycles. The molecular weight excluding hydrogens is 385 g/mol. The van der Waals surface area contributed by atoms with E-state index < -0.39 is 5.95 Å². The maximum absolute atomic E-state index is 14.4. The van der Waals surface area contributed by atoms with E-state index in [0.717, 1.165) is 18.9 Å². The highest BCUT2D eigenvalue weighted by atomic mass is 19.1. The van der Waals surface area contributed by atoms with E-state index in [1.807, 2.05) is 6.07 Å². The molecule has 7 nitrogen and oxygen atoms in total. The molecule has 1 aliphatic rings. The fraction of sp³-hybridized carbons (Fsp3) is 0.227. The number of ether oxygens (including phenoxy) is 2. The van der Waals surface area contributed by atoms with Gasteiger partial charge in [0.15, 0.2) is 0 Å². The van der Waals surface area contributed by atoms with Crippen molar-refractivity contribution in [1.29, 1.82) is 5.41 Å². The molecule has 2 aromatic heterocycles. The zero-order valence-electron chi connectivity index (χ0n) is 16.6. The Balaban J connectivity index is 0.00000272. The number of anilines is 2. The van der Waals surface area contributed by atoms with Crippen molar-refractivity contribution in [3.63, 3.8) is 0 Å². The summed E-state index contributed by atoms with van der Waals surface area (Å²) in [6, 6.07) is 10.3. The van der Waals surface area contributed by atoms with Crippen LogP contribution in [0.1, 0.15) is 12.6 Å². The van der Waals surface area contributed by atoms with E-state index in [1.165, 1.54) is 13.3 Å². The van der Waals surface area contributed by atoms with E-state index >= 15 is 0 Å². The molecule has 1 aliphatic heterocycles. The van der Waals surface area contributed by atoms with Crippen LogP contribution in [0.4, 0.5) is 15.9 Å². The van der Waals surface area contributed by atoms with Crippen LogP contribution in [-0.4, -0.2) is 49.1 Å². The lowest BCUT2D eigenvalue weighted by atomic mass is 9.96. The number of hydrogen-bond donors (Lipinski definition) is 2. The first-order valence-electron chi connectivity index (χ1n) is 9.55. The maximum Gasteiger partial charge on any atom is 0.224 e. The van der Waals surface area contributed by atoms with Crippen LogP contribution in [0.25, 0.3) is 11.1 Å². The van der Waals surface area contributed by atoms with Crippen LogP contribution in [0.3, 0.4) is 0 Å². The van der Waals surface area contributed by atoms with Crippen molar-refractivity contribution in [1.82, 2.24) is 9.97 Å². The SMILES string of the molecule is COc1ccnc(F)c1-c1ccc(N)c(C(=N)c2ccnc(N3CCOCC3)c2)c1.[HH]. The van der Waals surface area contributed by atoms with Crippen LogP contribution in [0.15, 0.2) is 48.8 Å². The number of nitrogen functional groups attached to an aromatic ring is 1. The monoisotopic (exact) mass is 409 g/mol. The number of nitrogens with one attached hydrogen (secondary N) is 1. The Morgan fingerprint density at radius 3 is 2.70 bits per heavy atom. The lowest BCUT2D eigenvalue weighted by Gasteiger charge is -2.28. The Labute approximate surface area is 175 Å². The standard InChI is InChI=1S/C22H22FN5O2.H2/c1-29-18-5-7-27-22(23)20(18)14-2-3-17(24)16(12-14)21(25)15-4-6-26-19(13-15)28-8-10-30-11-9-28;/h2-7,12-13,25H,8-11,24H2,1H3;1H. The first-order valence-corrected chi connectivity index (χ1v) is 9.55.